The zero-order chi connectivity index (χ0) is 12.7. The van der Waals surface area contributed by atoms with Crippen molar-refractivity contribution < 1.29 is 9.18 Å². The molecule has 2 fully saturated rings. The van der Waals surface area contributed by atoms with E-state index in [-0.39, 0.29) is 23.9 Å². The Morgan fingerprint density at radius 2 is 1.89 bits per heavy atom. The monoisotopic (exact) mass is 310 g/mol. The van der Waals surface area contributed by atoms with Crippen LogP contribution in [-0.2, 0) is 11.2 Å². The number of hydrogen-bond acceptors (Lipinski definition) is 1. The van der Waals surface area contributed by atoms with E-state index >= 15 is 0 Å². The summed E-state index contributed by atoms with van der Waals surface area (Å²) in [5.41, 5.74) is 0.537. The van der Waals surface area contributed by atoms with Crippen molar-refractivity contribution in [2.24, 2.45) is 17.8 Å². The number of Topliss-reactive ketones (excluding diaryl/α,β-unsaturated/α-hetero) is 1. The van der Waals surface area contributed by atoms with Crippen LogP contribution in [0, 0.1) is 23.6 Å². The molecule has 18 heavy (non-hydrogen) atoms. The molecule has 1 nitrogen and oxygen atoms in total. The van der Waals surface area contributed by atoms with Gasteiger partial charge < -0.3 is 0 Å². The molecule has 0 amide bonds. The number of carbonyl (C=O) groups is 1. The van der Waals surface area contributed by atoms with E-state index in [1.165, 1.54) is 31.7 Å². The summed E-state index contributed by atoms with van der Waals surface area (Å²) in [6.45, 7) is 0. The molecule has 2 aliphatic rings. The number of halogens is 2. The average molecular weight is 311 g/mol. The molecule has 0 atom stereocenters. The molecule has 1 aromatic carbocycles. The van der Waals surface area contributed by atoms with Crippen LogP contribution in [0.2, 0.25) is 0 Å². The molecule has 3 heteroatoms. The summed E-state index contributed by atoms with van der Waals surface area (Å²) in [5, 5.41) is 0. The molecule has 3 rings (SSSR count). The van der Waals surface area contributed by atoms with Crippen molar-refractivity contribution in [3.05, 3.63) is 34.1 Å². The zero-order valence-corrected chi connectivity index (χ0v) is 11.7. The Hall–Kier alpha value is -0.700. The molecule has 0 saturated heterocycles. The Bertz CT molecular complexity index is 465. The van der Waals surface area contributed by atoms with Gasteiger partial charge in [0.1, 0.15) is 11.6 Å². The fraction of sp³-hybridized carbons (Fsp3) is 0.533. The minimum atomic E-state index is -0.275. The minimum Gasteiger partial charge on any atom is -0.299 e. The predicted molar refractivity (Wildman–Crippen MR) is 71.7 cm³/mol. The van der Waals surface area contributed by atoms with Gasteiger partial charge in [-0.25, -0.2) is 4.39 Å². The maximum Gasteiger partial charge on any atom is 0.140 e. The third-order valence-electron chi connectivity index (χ3n) is 4.01. The van der Waals surface area contributed by atoms with Crippen LogP contribution in [0.1, 0.15) is 31.2 Å². The lowest BCUT2D eigenvalue weighted by Gasteiger charge is -2.14. The fourth-order valence-corrected chi connectivity index (χ4v) is 3.13. The minimum absolute atomic E-state index is 0.216. The van der Waals surface area contributed by atoms with Gasteiger partial charge in [0.2, 0.25) is 0 Å². The first-order valence-corrected chi connectivity index (χ1v) is 7.41. The van der Waals surface area contributed by atoms with E-state index < -0.39 is 0 Å². The lowest BCUT2D eigenvalue weighted by atomic mass is 9.89. The third kappa shape index (κ3) is 2.66. The van der Waals surface area contributed by atoms with Crippen molar-refractivity contribution in [2.75, 3.05) is 0 Å². The van der Waals surface area contributed by atoms with Crippen molar-refractivity contribution in [3.8, 4) is 0 Å². The summed E-state index contributed by atoms with van der Waals surface area (Å²) in [6.07, 6.45) is 5.02. The molecule has 0 bridgehead atoms. The van der Waals surface area contributed by atoms with Gasteiger partial charge in [0.15, 0.2) is 0 Å². The van der Waals surface area contributed by atoms with Crippen molar-refractivity contribution in [1.82, 2.24) is 0 Å². The summed E-state index contributed by atoms with van der Waals surface area (Å²) < 4.78 is 14.4. The van der Waals surface area contributed by atoms with Crippen molar-refractivity contribution >= 4 is 21.7 Å². The van der Waals surface area contributed by atoms with Gasteiger partial charge in [0, 0.05) is 16.8 Å². The van der Waals surface area contributed by atoms with Gasteiger partial charge >= 0.3 is 0 Å². The largest absolute Gasteiger partial charge is 0.299 e. The van der Waals surface area contributed by atoms with Gasteiger partial charge in [-0.2, -0.15) is 0 Å². The van der Waals surface area contributed by atoms with Crippen molar-refractivity contribution in [1.29, 1.82) is 0 Å². The second-order valence-electron chi connectivity index (χ2n) is 5.58. The highest BCUT2D eigenvalue weighted by molar-refractivity contribution is 9.10. The molecular weight excluding hydrogens is 295 g/mol. The van der Waals surface area contributed by atoms with E-state index in [4.69, 9.17) is 0 Å². The van der Waals surface area contributed by atoms with Crippen molar-refractivity contribution in [3.63, 3.8) is 0 Å². The Balaban J connectivity index is 1.72. The SMILES string of the molecule is O=C(Cc1ccc(Br)cc1F)C(C1CC1)C1CC1. The standard InChI is InChI=1S/C15H16BrFO/c16-12-6-5-11(13(17)8-12)7-14(18)15(9-1-2-9)10-3-4-10/h5-6,8-10,15H,1-4,7H2. The first-order valence-electron chi connectivity index (χ1n) is 6.62. The summed E-state index contributed by atoms with van der Waals surface area (Å²) in [6, 6.07) is 4.95. The highest BCUT2D eigenvalue weighted by Gasteiger charge is 2.45. The highest BCUT2D eigenvalue weighted by atomic mass is 79.9. The van der Waals surface area contributed by atoms with E-state index in [9.17, 15) is 9.18 Å². The maximum absolute atomic E-state index is 13.7. The lowest BCUT2D eigenvalue weighted by molar-refractivity contribution is -0.123. The van der Waals surface area contributed by atoms with Gasteiger partial charge in [-0.1, -0.05) is 22.0 Å². The van der Waals surface area contributed by atoms with Gasteiger partial charge in [-0.15, -0.1) is 0 Å². The van der Waals surface area contributed by atoms with Crippen LogP contribution < -0.4 is 0 Å². The number of ketones is 1. The summed E-state index contributed by atoms with van der Waals surface area (Å²) >= 11 is 3.23. The fourth-order valence-electron chi connectivity index (χ4n) is 2.79. The Labute approximate surface area is 115 Å². The first kappa shape index (κ1) is 12.3. The molecule has 0 radical (unpaired) electrons. The maximum atomic E-state index is 13.7. The molecule has 96 valence electrons. The van der Waals surface area contributed by atoms with E-state index in [1.807, 2.05) is 0 Å². The highest BCUT2D eigenvalue weighted by Crippen LogP contribution is 2.49. The third-order valence-corrected chi connectivity index (χ3v) is 4.50. The molecule has 2 saturated carbocycles. The molecule has 0 heterocycles. The lowest BCUT2D eigenvalue weighted by Crippen LogP contribution is -2.21. The van der Waals surface area contributed by atoms with E-state index in [1.54, 1.807) is 12.1 Å². The Morgan fingerprint density at radius 1 is 1.28 bits per heavy atom. The van der Waals surface area contributed by atoms with Gasteiger partial charge in [-0.3, -0.25) is 4.79 Å². The summed E-state index contributed by atoms with van der Waals surface area (Å²) in [7, 11) is 0. The van der Waals surface area contributed by atoms with E-state index in [2.05, 4.69) is 15.9 Å². The number of rotatable bonds is 5. The molecule has 0 spiro atoms. The number of benzene rings is 1. The number of hydrogen-bond donors (Lipinski definition) is 0. The van der Waals surface area contributed by atoms with Gasteiger partial charge in [0.05, 0.1) is 0 Å². The molecule has 1 aromatic rings. The average Bonchev–Trinajstić information content (AvgIpc) is 3.16. The number of carbonyl (C=O) groups excluding carboxylic acids is 1. The summed E-state index contributed by atoms with van der Waals surface area (Å²) in [4.78, 5) is 12.3. The van der Waals surface area contributed by atoms with Gasteiger partial charge in [0.25, 0.3) is 0 Å². The van der Waals surface area contributed by atoms with Crippen LogP contribution >= 0.6 is 15.9 Å². The summed E-state index contributed by atoms with van der Waals surface area (Å²) in [5.74, 6) is 1.39. The normalized spacial score (nSPS) is 19.3. The Morgan fingerprint density at radius 3 is 2.39 bits per heavy atom. The van der Waals surface area contributed by atoms with Crippen LogP contribution in [0.15, 0.2) is 22.7 Å². The van der Waals surface area contributed by atoms with Crippen molar-refractivity contribution in [2.45, 2.75) is 32.1 Å². The molecule has 0 aromatic heterocycles. The molecule has 2 aliphatic carbocycles. The first-order chi connectivity index (χ1) is 8.65. The van der Waals surface area contributed by atoms with Crippen LogP contribution in [-0.4, -0.2) is 5.78 Å². The molecule has 0 aliphatic heterocycles. The molecule has 0 unspecified atom stereocenters. The zero-order valence-electron chi connectivity index (χ0n) is 10.2. The van der Waals surface area contributed by atoms with Crippen LogP contribution in [0.4, 0.5) is 4.39 Å². The van der Waals surface area contributed by atoms with Crippen LogP contribution in [0.5, 0.6) is 0 Å². The smallest absolute Gasteiger partial charge is 0.140 e. The van der Waals surface area contributed by atoms with E-state index in [0.717, 1.165) is 4.47 Å². The van der Waals surface area contributed by atoms with Crippen LogP contribution in [0.25, 0.3) is 0 Å². The van der Waals surface area contributed by atoms with Gasteiger partial charge in [-0.05, 0) is 55.2 Å². The van der Waals surface area contributed by atoms with E-state index in [0.29, 0.717) is 17.4 Å². The molecule has 0 N–H and O–H groups in total. The van der Waals surface area contributed by atoms with Crippen LogP contribution in [0.3, 0.4) is 0 Å². The second kappa shape index (κ2) is 4.76. The Kier molecular flexibility index (Phi) is 3.27. The topological polar surface area (TPSA) is 17.1 Å². The molecular formula is C15H16BrFO. The predicted octanol–water partition coefficient (Wildman–Crippen LogP) is 4.14. The second-order valence-corrected chi connectivity index (χ2v) is 6.50. The quantitative estimate of drug-likeness (QED) is 0.799.